The van der Waals surface area contributed by atoms with Crippen LogP contribution in [0.1, 0.15) is 42.0 Å². The van der Waals surface area contributed by atoms with Crippen molar-refractivity contribution >= 4 is 11.3 Å². The van der Waals surface area contributed by atoms with Gasteiger partial charge in [-0.15, -0.1) is 0 Å². The van der Waals surface area contributed by atoms with E-state index < -0.39 is 0 Å². The molecule has 2 fully saturated rings. The monoisotopic (exact) mass is 412 g/mol. The average molecular weight is 413 g/mol. The second-order valence-electron chi connectivity index (χ2n) is 9.24. The Labute approximate surface area is 177 Å². The summed E-state index contributed by atoms with van der Waals surface area (Å²) in [6, 6.07) is 7.24. The molecule has 29 heavy (non-hydrogen) atoms. The molecule has 0 saturated carbocycles. The van der Waals surface area contributed by atoms with Crippen molar-refractivity contribution in [2.75, 3.05) is 33.2 Å². The van der Waals surface area contributed by atoms with Crippen LogP contribution in [0.5, 0.6) is 0 Å². The van der Waals surface area contributed by atoms with Crippen molar-refractivity contribution in [1.29, 1.82) is 0 Å². The van der Waals surface area contributed by atoms with Crippen LogP contribution in [0.4, 0.5) is 0 Å². The second kappa shape index (κ2) is 8.34. The number of piperidine rings is 2. The first kappa shape index (κ1) is 19.5. The van der Waals surface area contributed by atoms with E-state index in [1.807, 2.05) is 0 Å². The molecule has 2 aromatic heterocycles. The zero-order valence-corrected chi connectivity index (χ0v) is 18.2. The number of likely N-dealkylation sites (tertiary alicyclic amines) is 1. The fourth-order valence-corrected chi connectivity index (χ4v) is 6.32. The molecule has 3 aliphatic heterocycles. The number of hydrogen-bond donors (Lipinski definition) is 1. The molecule has 5 nitrogen and oxygen atoms in total. The molecule has 2 aromatic rings. The van der Waals surface area contributed by atoms with Gasteiger partial charge in [0.15, 0.2) is 0 Å². The SMILES string of the molecule is CN(Cc1ccsc1)Cc1ccc2n(c1=O)C[C@H]1C[C@@H]2CN(C2CCNCC2)C1. The highest BCUT2D eigenvalue weighted by molar-refractivity contribution is 7.07. The number of fused-ring (bicyclic) bond motifs is 4. The lowest BCUT2D eigenvalue weighted by Gasteiger charge is -2.46. The van der Waals surface area contributed by atoms with Gasteiger partial charge in [0.1, 0.15) is 0 Å². The zero-order chi connectivity index (χ0) is 19.8. The van der Waals surface area contributed by atoms with Crippen LogP contribution in [-0.2, 0) is 19.6 Å². The van der Waals surface area contributed by atoms with Crippen molar-refractivity contribution in [2.45, 2.75) is 50.9 Å². The Balaban J connectivity index is 1.32. The molecule has 2 atom stereocenters. The Morgan fingerprint density at radius 3 is 2.79 bits per heavy atom. The van der Waals surface area contributed by atoms with E-state index in [-0.39, 0.29) is 5.56 Å². The van der Waals surface area contributed by atoms with Crippen molar-refractivity contribution in [1.82, 2.24) is 19.7 Å². The van der Waals surface area contributed by atoms with Gasteiger partial charge in [-0.05, 0) is 73.8 Å². The predicted molar refractivity (Wildman–Crippen MR) is 119 cm³/mol. The highest BCUT2D eigenvalue weighted by Crippen LogP contribution is 2.36. The van der Waals surface area contributed by atoms with E-state index in [1.165, 1.54) is 30.5 Å². The molecule has 5 heterocycles. The van der Waals surface area contributed by atoms with E-state index in [2.05, 4.69) is 55.7 Å². The molecule has 2 bridgehead atoms. The van der Waals surface area contributed by atoms with Crippen molar-refractivity contribution in [3.63, 3.8) is 0 Å². The van der Waals surface area contributed by atoms with E-state index in [0.717, 1.165) is 50.9 Å². The zero-order valence-electron chi connectivity index (χ0n) is 17.3. The summed E-state index contributed by atoms with van der Waals surface area (Å²) in [6.45, 7) is 7.08. The maximum absolute atomic E-state index is 13.3. The molecular formula is C23H32N4OS. The molecule has 2 saturated heterocycles. The smallest absolute Gasteiger partial charge is 0.255 e. The minimum Gasteiger partial charge on any atom is -0.317 e. The molecule has 5 rings (SSSR count). The molecule has 1 N–H and O–H groups in total. The van der Waals surface area contributed by atoms with Gasteiger partial charge >= 0.3 is 0 Å². The lowest BCUT2D eigenvalue weighted by Crippen LogP contribution is -2.53. The van der Waals surface area contributed by atoms with Crippen LogP contribution < -0.4 is 10.9 Å². The van der Waals surface area contributed by atoms with E-state index in [0.29, 0.717) is 18.4 Å². The lowest BCUT2D eigenvalue weighted by atomic mass is 9.81. The number of rotatable bonds is 5. The molecular weight excluding hydrogens is 380 g/mol. The lowest BCUT2D eigenvalue weighted by molar-refractivity contribution is 0.0676. The Hall–Kier alpha value is -1.47. The average Bonchev–Trinajstić information content (AvgIpc) is 3.24. The van der Waals surface area contributed by atoms with Gasteiger partial charge in [0.25, 0.3) is 5.56 Å². The first-order valence-electron chi connectivity index (χ1n) is 11.0. The van der Waals surface area contributed by atoms with Gasteiger partial charge in [-0.1, -0.05) is 6.07 Å². The molecule has 156 valence electrons. The third-order valence-corrected chi connectivity index (χ3v) is 7.74. The number of nitrogens with one attached hydrogen (secondary N) is 1. The largest absolute Gasteiger partial charge is 0.317 e. The van der Waals surface area contributed by atoms with Crippen molar-refractivity contribution in [3.05, 3.63) is 56.1 Å². The Morgan fingerprint density at radius 2 is 2.00 bits per heavy atom. The normalized spacial score (nSPS) is 25.3. The summed E-state index contributed by atoms with van der Waals surface area (Å²) < 4.78 is 2.12. The van der Waals surface area contributed by atoms with Crippen LogP contribution in [0.3, 0.4) is 0 Å². The summed E-state index contributed by atoms with van der Waals surface area (Å²) in [5.41, 5.74) is 3.77. The first-order chi connectivity index (χ1) is 14.2. The highest BCUT2D eigenvalue weighted by Gasteiger charge is 2.37. The van der Waals surface area contributed by atoms with Crippen LogP contribution >= 0.6 is 11.3 Å². The van der Waals surface area contributed by atoms with Crippen LogP contribution in [0.15, 0.2) is 33.8 Å². The second-order valence-corrected chi connectivity index (χ2v) is 10.0. The predicted octanol–water partition coefficient (Wildman–Crippen LogP) is 2.71. The summed E-state index contributed by atoms with van der Waals surface area (Å²) in [4.78, 5) is 18.3. The quantitative estimate of drug-likeness (QED) is 0.820. The highest BCUT2D eigenvalue weighted by atomic mass is 32.1. The Bertz CT molecular complexity index is 887. The van der Waals surface area contributed by atoms with Crippen molar-refractivity contribution in [3.8, 4) is 0 Å². The van der Waals surface area contributed by atoms with Gasteiger partial charge in [0.2, 0.25) is 0 Å². The molecule has 0 aliphatic carbocycles. The Kier molecular flexibility index (Phi) is 5.61. The van der Waals surface area contributed by atoms with Crippen LogP contribution in [0, 0.1) is 5.92 Å². The molecule has 0 radical (unpaired) electrons. The molecule has 0 unspecified atom stereocenters. The fraction of sp³-hybridized carbons (Fsp3) is 0.609. The maximum atomic E-state index is 13.3. The van der Waals surface area contributed by atoms with Gasteiger partial charge in [0.05, 0.1) is 0 Å². The Morgan fingerprint density at radius 1 is 1.14 bits per heavy atom. The van der Waals surface area contributed by atoms with Gasteiger partial charge in [0, 0.05) is 55.9 Å². The van der Waals surface area contributed by atoms with Crippen LogP contribution in [-0.4, -0.2) is 53.6 Å². The molecule has 0 spiro atoms. The standard InChI is InChI=1S/C23H32N4OS/c1-25(11-17-6-9-29-16-17)14-19-2-3-22-20-10-18(13-27(22)23(19)28)12-26(15-20)21-4-7-24-8-5-21/h2-3,6,9,16,18,20-21,24H,4-5,7-8,10-15H2,1H3/t18-,20+/m0/s1. The third kappa shape index (κ3) is 4.08. The number of pyridine rings is 1. The number of hydrogen-bond acceptors (Lipinski definition) is 5. The fourth-order valence-electron chi connectivity index (χ4n) is 5.66. The number of nitrogens with zero attached hydrogens (tertiary/aromatic N) is 3. The van der Waals surface area contributed by atoms with Gasteiger partial charge < -0.3 is 9.88 Å². The van der Waals surface area contributed by atoms with E-state index >= 15 is 0 Å². The molecule has 6 heteroatoms. The number of aromatic nitrogens is 1. The van der Waals surface area contributed by atoms with E-state index in [4.69, 9.17) is 0 Å². The van der Waals surface area contributed by atoms with E-state index in [1.54, 1.807) is 11.3 Å². The summed E-state index contributed by atoms with van der Waals surface area (Å²) in [5, 5.41) is 7.79. The van der Waals surface area contributed by atoms with Gasteiger partial charge in [-0.2, -0.15) is 11.3 Å². The van der Waals surface area contributed by atoms with E-state index in [9.17, 15) is 4.79 Å². The van der Waals surface area contributed by atoms with Crippen molar-refractivity contribution in [2.24, 2.45) is 5.92 Å². The minimum absolute atomic E-state index is 0.240. The van der Waals surface area contributed by atoms with Gasteiger partial charge in [-0.3, -0.25) is 14.6 Å². The maximum Gasteiger partial charge on any atom is 0.255 e. The minimum atomic E-state index is 0.240. The number of thiophene rings is 1. The molecule has 0 aromatic carbocycles. The topological polar surface area (TPSA) is 40.5 Å². The van der Waals surface area contributed by atoms with Gasteiger partial charge in [-0.25, -0.2) is 0 Å². The summed E-state index contributed by atoms with van der Waals surface area (Å²) in [7, 11) is 2.10. The summed E-state index contributed by atoms with van der Waals surface area (Å²) in [5.74, 6) is 1.13. The molecule has 3 aliphatic rings. The first-order valence-corrected chi connectivity index (χ1v) is 12.0. The van der Waals surface area contributed by atoms with Crippen LogP contribution in [0.25, 0.3) is 0 Å². The van der Waals surface area contributed by atoms with Crippen LogP contribution in [0.2, 0.25) is 0 Å². The van der Waals surface area contributed by atoms with Crippen molar-refractivity contribution < 1.29 is 0 Å². The molecule has 0 amide bonds. The summed E-state index contributed by atoms with van der Waals surface area (Å²) in [6.07, 6.45) is 3.78. The third-order valence-electron chi connectivity index (χ3n) is 7.01. The summed E-state index contributed by atoms with van der Waals surface area (Å²) >= 11 is 1.73.